The molecule has 0 aliphatic heterocycles. The van der Waals surface area contributed by atoms with Crippen molar-refractivity contribution in [1.29, 1.82) is 0 Å². The average molecular weight is 432 g/mol. The van der Waals surface area contributed by atoms with E-state index in [-0.39, 0.29) is 24.0 Å². The Morgan fingerprint density at radius 2 is 1.70 bits per heavy atom. The smallest absolute Gasteiger partial charge is 0.193 e. The van der Waals surface area contributed by atoms with Crippen molar-refractivity contribution in [2.24, 2.45) is 16.6 Å². The minimum absolute atomic E-state index is 0. The van der Waals surface area contributed by atoms with E-state index in [2.05, 4.69) is 62.2 Å². The number of nitrogens with one attached hydrogen (secondary N) is 1. The monoisotopic (exact) mass is 432 g/mol. The van der Waals surface area contributed by atoms with Gasteiger partial charge < -0.3 is 16.0 Å². The van der Waals surface area contributed by atoms with Crippen molar-refractivity contribution in [3.05, 3.63) is 29.8 Å². The van der Waals surface area contributed by atoms with Gasteiger partial charge in [0.25, 0.3) is 0 Å². The number of halogens is 1. The fourth-order valence-electron chi connectivity index (χ4n) is 2.77. The molecule has 0 fully saturated rings. The molecule has 0 aromatic heterocycles. The van der Waals surface area contributed by atoms with E-state index in [0.29, 0.717) is 17.9 Å². The van der Waals surface area contributed by atoms with Gasteiger partial charge in [0.15, 0.2) is 5.96 Å². The van der Waals surface area contributed by atoms with Crippen molar-refractivity contribution in [3.8, 4) is 0 Å². The topological polar surface area (TPSA) is 53.6 Å². The molecule has 132 valence electrons. The summed E-state index contributed by atoms with van der Waals surface area (Å²) in [6.45, 7) is 7.36. The predicted octanol–water partition coefficient (Wildman–Crippen LogP) is 3.96. The zero-order valence-corrected chi connectivity index (χ0v) is 17.5. The Morgan fingerprint density at radius 1 is 1.13 bits per heavy atom. The van der Waals surface area contributed by atoms with Gasteiger partial charge in [0.2, 0.25) is 0 Å². The molecule has 0 bridgehead atoms. The molecule has 0 aliphatic rings. The van der Waals surface area contributed by atoms with Crippen molar-refractivity contribution in [1.82, 2.24) is 4.90 Å². The highest BCUT2D eigenvalue weighted by Gasteiger charge is 2.20. The van der Waals surface area contributed by atoms with Gasteiger partial charge in [-0.1, -0.05) is 45.7 Å². The highest BCUT2D eigenvalue weighted by Crippen LogP contribution is 2.17. The Balaban J connectivity index is 0.00000484. The Labute approximate surface area is 158 Å². The Morgan fingerprint density at radius 3 is 2.13 bits per heavy atom. The quantitative estimate of drug-likeness (QED) is 0.372. The van der Waals surface area contributed by atoms with Crippen LogP contribution in [0.1, 0.15) is 39.2 Å². The molecule has 1 atom stereocenters. The first-order chi connectivity index (χ1) is 10.5. The van der Waals surface area contributed by atoms with Gasteiger partial charge in [-0.3, -0.25) is 4.99 Å². The second-order valence-electron chi connectivity index (χ2n) is 6.01. The van der Waals surface area contributed by atoms with E-state index >= 15 is 0 Å². The summed E-state index contributed by atoms with van der Waals surface area (Å²) in [5.41, 5.74) is 8.34. The fraction of sp³-hybridized carbons (Fsp3) is 0.611. The van der Waals surface area contributed by atoms with Crippen LogP contribution in [0, 0.1) is 5.92 Å². The normalized spacial score (nSPS) is 13.1. The molecule has 1 aromatic carbocycles. The molecule has 23 heavy (non-hydrogen) atoms. The summed E-state index contributed by atoms with van der Waals surface area (Å²) >= 11 is 0. The molecule has 1 aromatic rings. The maximum absolute atomic E-state index is 6.03. The lowest BCUT2D eigenvalue weighted by atomic mass is 9.93. The van der Waals surface area contributed by atoms with Gasteiger partial charge in [-0.15, -0.1) is 24.0 Å². The van der Waals surface area contributed by atoms with E-state index in [4.69, 9.17) is 5.73 Å². The molecule has 0 amide bonds. The molecule has 0 saturated carbocycles. The molecule has 0 radical (unpaired) electrons. The van der Waals surface area contributed by atoms with Crippen LogP contribution in [-0.4, -0.2) is 37.5 Å². The van der Waals surface area contributed by atoms with Crippen LogP contribution < -0.4 is 11.1 Å². The summed E-state index contributed by atoms with van der Waals surface area (Å²) in [6.07, 6.45) is 3.38. The van der Waals surface area contributed by atoms with E-state index in [1.54, 1.807) is 0 Å². The maximum Gasteiger partial charge on any atom is 0.193 e. The molecule has 5 heteroatoms. The Kier molecular flexibility index (Phi) is 11.3. The van der Waals surface area contributed by atoms with E-state index < -0.39 is 0 Å². The van der Waals surface area contributed by atoms with Gasteiger partial charge in [0.1, 0.15) is 0 Å². The molecule has 3 N–H and O–H groups in total. The van der Waals surface area contributed by atoms with Gasteiger partial charge in [-0.2, -0.15) is 0 Å². The van der Waals surface area contributed by atoms with Gasteiger partial charge in [-0.25, -0.2) is 0 Å². The number of hydrogen-bond acceptors (Lipinski definition) is 2. The number of guanidine groups is 1. The number of aryl methyl sites for hydroxylation is 1. The van der Waals surface area contributed by atoms with Gasteiger partial charge in [-0.05, 0) is 44.1 Å². The number of hydrogen-bond donors (Lipinski definition) is 2. The molecular weight excluding hydrogens is 399 g/mol. The molecule has 1 unspecified atom stereocenters. The van der Waals surface area contributed by atoms with Crippen molar-refractivity contribution >= 4 is 35.6 Å². The summed E-state index contributed by atoms with van der Waals surface area (Å²) in [5.74, 6) is 1.14. The standard InChI is InChI=1S/C18H32N4.HI/c1-6-14-9-11-16(12-10-14)21-18(19)20-13-17(22(4)5)15(7-2)8-3;/h9-12,15,17H,6-8,13H2,1-5H3,(H3,19,20,21);1H. The zero-order chi connectivity index (χ0) is 16.5. The third-order valence-electron chi connectivity index (χ3n) is 4.34. The second kappa shape index (κ2) is 11.7. The number of nitrogens with zero attached hydrogens (tertiary/aromatic N) is 2. The summed E-state index contributed by atoms with van der Waals surface area (Å²) < 4.78 is 0. The van der Waals surface area contributed by atoms with Crippen molar-refractivity contribution in [2.75, 3.05) is 26.0 Å². The lowest BCUT2D eigenvalue weighted by Gasteiger charge is -2.30. The number of nitrogens with two attached hydrogens (primary N) is 1. The van der Waals surface area contributed by atoms with Crippen LogP contribution in [-0.2, 0) is 6.42 Å². The van der Waals surface area contributed by atoms with Crippen LogP contribution in [0.2, 0.25) is 0 Å². The van der Waals surface area contributed by atoms with Crippen LogP contribution >= 0.6 is 24.0 Å². The molecule has 0 aliphatic carbocycles. The van der Waals surface area contributed by atoms with Gasteiger partial charge in [0.05, 0.1) is 6.54 Å². The summed E-state index contributed by atoms with van der Waals surface area (Å²) in [7, 11) is 4.23. The zero-order valence-electron chi connectivity index (χ0n) is 15.2. The summed E-state index contributed by atoms with van der Waals surface area (Å²) in [4.78, 5) is 6.80. The number of rotatable bonds is 8. The lowest BCUT2D eigenvalue weighted by molar-refractivity contribution is 0.206. The number of benzene rings is 1. The van der Waals surface area contributed by atoms with Crippen LogP contribution in [0.4, 0.5) is 5.69 Å². The van der Waals surface area contributed by atoms with Gasteiger partial charge in [0, 0.05) is 11.7 Å². The first-order valence-electron chi connectivity index (χ1n) is 8.34. The van der Waals surface area contributed by atoms with Crippen molar-refractivity contribution in [3.63, 3.8) is 0 Å². The highest BCUT2D eigenvalue weighted by atomic mass is 127. The first kappa shape index (κ1) is 22.2. The summed E-state index contributed by atoms with van der Waals surface area (Å²) in [5, 5.41) is 3.17. The van der Waals surface area contributed by atoms with Crippen molar-refractivity contribution in [2.45, 2.75) is 46.1 Å². The predicted molar refractivity (Wildman–Crippen MR) is 113 cm³/mol. The third-order valence-corrected chi connectivity index (χ3v) is 4.34. The Hall–Kier alpha value is -0.820. The van der Waals surface area contributed by atoms with Crippen LogP contribution in [0.25, 0.3) is 0 Å². The van der Waals surface area contributed by atoms with E-state index in [1.807, 2.05) is 12.1 Å². The van der Waals surface area contributed by atoms with Crippen LogP contribution in [0.3, 0.4) is 0 Å². The van der Waals surface area contributed by atoms with Crippen molar-refractivity contribution < 1.29 is 0 Å². The number of anilines is 1. The Bertz CT molecular complexity index is 453. The SMILES string of the molecule is CCc1ccc(NC(N)=NCC(C(CC)CC)N(C)C)cc1.I. The highest BCUT2D eigenvalue weighted by molar-refractivity contribution is 14.0. The average Bonchev–Trinajstić information content (AvgIpc) is 2.51. The van der Waals surface area contributed by atoms with E-state index in [0.717, 1.165) is 18.7 Å². The number of likely N-dealkylation sites (N-methyl/N-ethyl adjacent to an activating group) is 1. The maximum atomic E-state index is 6.03. The largest absolute Gasteiger partial charge is 0.370 e. The van der Waals surface area contributed by atoms with Gasteiger partial charge >= 0.3 is 0 Å². The molecule has 1 rings (SSSR count). The van der Waals surface area contributed by atoms with E-state index in [9.17, 15) is 0 Å². The minimum atomic E-state index is 0. The molecule has 0 heterocycles. The summed E-state index contributed by atoms with van der Waals surface area (Å²) in [6, 6.07) is 8.75. The van der Waals surface area contributed by atoms with Crippen LogP contribution in [0.15, 0.2) is 29.3 Å². The molecular formula is C18H33IN4. The molecule has 4 nitrogen and oxygen atoms in total. The van der Waals surface area contributed by atoms with E-state index in [1.165, 1.54) is 18.4 Å². The first-order valence-corrected chi connectivity index (χ1v) is 8.34. The minimum Gasteiger partial charge on any atom is -0.370 e. The fourth-order valence-corrected chi connectivity index (χ4v) is 2.77. The third kappa shape index (κ3) is 7.52. The van der Waals surface area contributed by atoms with Crippen LogP contribution in [0.5, 0.6) is 0 Å². The second-order valence-corrected chi connectivity index (χ2v) is 6.01. The lowest BCUT2D eigenvalue weighted by Crippen LogP contribution is -2.38. The molecule has 0 saturated heterocycles. The number of aliphatic imine (C=N–C) groups is 1. The molecule has 0 spiro atoms.